The number of unbranched alkanes of at least 4 members (excludes halogenated alkanes) is 1. The van der Waals surface area contributed by atoms with Crippen molar-refractivity contribution in [2.75, 3.05) is 6.61 Å². The zero-order valence-electron chi connectivity index (χ0n) is 23.6. The fraction of sp³-hybridized carbons (Fsp3) is 0.417. The molecular weight excluding hydrogens is 512 g/mol. The van der Waals surface area contributed by atoms with Gasteiger partial charge in [0.1, 0.15) is 5.82 Å². The van der Waals surface area contributed by atoms with Gasteiger partial charge in [-0.3, -0.25) is 0 Å². The molecule has 2 N–H and O–H groups in total. The van der Waals surface area contributed by atoms with Gasteiger partial charge in [-0.05, 0) is 121 Å². The standard InChI is InChI=1S/C36H41ClN2O/c1-25-14-16-31-27(12-7-13-29(31)21-30(25)22-36(24-40)18-19-36)9-6-5-8-26-15-17-33(37)32(20-26)35-38-23-34(39-35)28-10-3-2-4-11-28/h2-4,7,10-13,15,17,20,23,25,30,40H,5-6,8-9,14,16,18-19,21-22,24H2,1H3,(H,38,39). The summed E-state index contributed by atoms with van der Waals surface area (Å²) in [4.78, 5) is 8.09. The first-order valence-corrected chi connectivity index (χ1v) is 15.5. The molecule has 3 aromatic carbocycles. The topological polar surface area (TPSA) is 48.9 Å². The third-order valence-electron chi connectivity index (χ3n) is 9.60. The van der Waals surface area contributed by atoms with Crippen LogP contribution in [0.5, 0.6) is 0 Å². The molecule has 2 atom stereocenters. The van der Waals surface area contributed by atoms with E-state index in [0.29, 0.717) is 12.5 Å². The van der Waals surface area contributed by atoms with Gasteiger partial charge in [0.05, 0.1) is 16.9 Å². The van der Waals surface area contributed by atoms with Crippen LogP contribution in [0.3, 0.4) is 0 Å². The molecule has 0 radical (unpaired) electrons. The molecule has 4 aromatic rings. The van der Waals surface area contributed by atoms with Gasteiger partial charge in [-0.25, -0.2) is 4.98 Å². The SMILES string of the molecule is CC1CCc2c(CCCCc3ccc(Cl)c(-c4ncc(-c5ccccc5)[nH]4)c3)cccc2CC1CC1(CO)CC1. The molecule has 2 aliphatic carbocycles. The van der Waals surface area contributed by atoms with E-state index in [1.807, 2.05) is 30.5 Å². The number of hydrogen-bond acceptors (Lipinski definition) is 2. The van der Waals surface area contributed by atoms with Gasteiger partial charge < -0.3 is 10.1 Å². The maximum absolute atomic E-state index is 9.91. The molecule has 0 spiro atoms. The highest BCUT2D eigenvalue weighted by Gasteiger charge is 2.44. The lowest BCUT2D eigenvalue weighted by Gasteiger charge is -2.26. The highest BCUT2D eigenvalue weighted by molar-refractivity contribution is 6.33. The van der Waals surface area contributed by atoms with Crippen LogP contribution in [0.1, 0.15) is 67.7 Å². The Balaban J connectivity index is 1.08. The molecule has 1 aromatic heterocycles. The fourth-order valence-corrected chi connectivity index (χ4v) is 6.94. The number of aliphatic hydroxyl groups excluding tert-OH is 1. The van der Waals surface area contributed by atoms with E-state index in [9.17, 15) is 5.11 Å². The molecular formula is C36H41ClN2O. The minimum atomic E-state index is 0.240. The molecule has 4 heteroatoms. The van der Waals surface area contributed by atoms with Gasteiger partial charge in [-0.15, -0.1) is 0 Å². The summed E-state index contributed by atoms with van der Waals surface area (Å²) in [5, 5.41) is 10.6. The molecule has 2 aliphatic rings. The number of aromatic nitrogens is 2. The summed E-state index contributed by atoms with van der Waals surface area (Å²) >= 11 is 6.60. The van der Waals surface area contributed by atoms with Gasteiger partial charge >= 0.3 is 0 Å². The molecule has 2 unspecified atom stereocenters. The average Bonchev–Trinajstić information content (AvgIpc) is 3.63. The number of rotatable bonds is 10. The number of nitrogens with zero attached hydrogens (tertiary/aromatic N) is 1. The molecule has 1 heterocycles. The van der Waals surface area contributed by atoms with E-state index < -0.39 is 0 Å². The number of fused-ring (bicyclic) bond motifs is 1. The van der Waals surface area contributed by atoms with Gasteiger partial charge in [0, 0.05) is 12.2 Å². The Labute approximate surface area is 244 Å². The van der Waals surface area contributed by atoms with Gasteiger partial charge in [-0.1, -0.05) is 73.1 Å². The number of aryl methyl sites for hydroxylation is 2. The minimum absolute atomic E-state index is 0.240. The Morgan fingerprint density at radius 1 is 1.00 bits per heavy atom. The second-order valence-corrected chi connectivity index (χ2v) is 12.8. The van der Waals surface area contributed by atoms with E-state index in [-0.39, 0.29) is 5.41 Å². The normalized spacial score (nSPS) is 19.7. The van der Waals surface area contributed by atoms with Crippen molar-refractivity contribution in [1.82, 2.24) is 9.97 Å². The van der Waals surface area contributed by atoms with E-state index in [1.54, 1.807) is 16.7 Å². The van der Waals surface area contributed by atoms with Crippen molar-refractivity contribution in [1.29, 1.82) is 0 Å². The van der Waals surface area contributed by atoms with Crippen LogP contribution in [-0.2, 0) is 25.7 Å². The third-order valence-corrected chi connectivity index (χ3v) is 9.93. The van der Waals surface area contributed by atoms with Crippen molar-refractivity contribution < 1.29 is 5.11 Å². The molecule has 0 amide bonds. The number of hydrogen-bond donors (Lipinski definition) is 2. The van der Waals surface area contributed by atoms with Gasteiger partial charge in [0.15, 0.2) is 0 Å². The molecule has 0 saturated heterocycles. The lowest BCUT2D eigenvalue weighted by atomic mass is 9.80. The fourth-order valence-electron chi connectivity index (χ4n) is 6.74. The van der Waals surface area contributed by atoms with Crippen LogP contribution in [-0.4, -0.2) is 21.7 Å². The van der Waals surface area contributed by atoms with Crippen LogP contribution >= 0.6 is 11.6 Å². The largest absolute Gasteiger partial charge is 0.396 e. The summed E-state index contributed by atoms with van der Waals surface area (Å²) in [5.74, 6) is 2.24. The first-order chi connectivity index (χ1) is 19.5. The zero-order valence-corrected chi connectivity index (χ0v) is 24.4. The molecule has 0 bridgehead atoms. The summed E-state index contributed by atoms with van der Waals surface area (Å²) in [5.41, 5.74) is 9.36. The number of benzene rings is 3. The van der Waals surface area contributed by atoms with E-state index in [2.05, 4.69) is 59.4 Å². The van der Waals surface area contributed by atoms with Crippen LogP contribution in [0.2, 0.25) is 5.02 Å². The van der Waals surface area contributed by atoms with E-state index in [4.69, 9.17) is 11.6 Å². The predicted molar refractivity (Wildman–Crippen MR) is 166 cm³/mol. The molecule has 3 nitrogen and oxygen atoms in total. The van der Waals surface area contributed by atoms with E-state index in [0.717, 1.165) is 52.8 Å². The summed E-state index contributed by atoms with van der Waals surface area (Å²) in [7, 11) is 0. The van der Waals surface area contributed by atoms with Crippen LogP contribution in [0, 0.1) is 17.3 Å². The Morgan fingerprint density at radius 3 is 2.62 bits per heavy atom. The quantitative estimate of drug-likeness (QED) is 0.152. The van der Waals surface area contributed by atoms with Crippen LogP contribution < -0.4 is 0 Å². The minimum Gasteiger partial charge on any atom is -0.396 e. The summed E-state index contributed by atoms with van der Waals surface area (Å²) in [6.07, 6.45) is 13.7. The number of nitrogens with one attached hydrogen (secondary N) is 1. The maximum Gasteiger partial charge on any atom is 0.139 e. The van der Waals surface area contributed by atoms with Crippen molar-refractivity contribution in [2.45, 2.75) is 71.1 Å². The van der Waals surface area contributed by atoms with Crippen molar-refractivity contribution in [3.05, 3.63) is 100 Å². The molecule has 1 saturated carbocycles. The second kappa shape index (κ2) is 11.9. The third kappa shape index (κ3) is 6.06. The predicted octanol–water partition coefficient (Wildman–Crippen LogP) is 8.87. The number of H-pyrrole nitrogens is 1. The van der Waals surface area contributed by atoms with Gasteiger partial charge in [0.25, 0.3) is 0 Å². The van der Waals surface area contributed by atoms with Crippen molar-refractivity contribution in [3.8, 4) is 22.6 Å². The first kappa shape index (κ1) is 27.3. The Kier molecular flexibility index (Phi) is 8.14. The van der Waals surface area contributed by atoms with Crippen molar-refractivity contribution in [3.63, 3.8) is 0 Å². The molecule has 208 valence electrons. The molecule has 40 heavy (non-hydrogen) atoms. The van der Waals surface area contributed by atoms with Crippen molar-refractivity contribution >= 4 is 11.6 Å². The smallest absolute Gasteiger partial charge is 0.139 e. The Morgan fingerprint density at radius 2 is 1.82 bits per heavy atom. The number of aromatic amines is 1. The zero-order chi connectivity index (χ0) is 27.5. The molecule has 6 rings (SSSR count). The monoisotopic (exact) mass is 552 g/mol. The molecule has 0 aliphatic heterocycles. The summed E-state index contributed by atoms with van der Waals surface area (Å²) in [6.45, 7) is 2.81. The molecule has 1 fully saturated rings. The highest BCUT2D eigenvalue weighted by atomic mass is 35.5. The maximum atomic E-state index is 9.91. The van der Waals surface area contributed by atoms with Gasteiger partial charge in [0.2, 0.25) is 0 Å². The lowest BCUT2D eigenvalue weighted by molar-refractivity contribution is 0.164. The lowest BCUT2D eigenvalue weighted by Crippen LogP contribution is -2.20. The van der Waals surface area contributed by atoms with Crippen molar-refractivity contribution in [2.24, 2.45) is 17.3 Å². The Hall–Kier alpha value is -2.88. The van der Waals surface area contributed by atoms with Crippen LogP contribution in [0.25, 0.3) is 22.6 Å². The Bertz CT molecular complexity index is 1440. The van der Waals surface area contributed by atoms with Crippen LogP contribution in [0.15, 0.2) is 72.9 Å². The number of halogens is 1. The summed E-state index contributed by atoms with van der Waals surface area (Å²) < 4.78 is 0. The average molecular weight is 553 g/mol. The van der Waals surface area contributed by atoms with E-state index in [1.165, 1.54) is 50.5 Å². The first-order valence-electron chi connectivity index (χ1n) is 15.1. The van der Waals surface area contributed by atoms with E-state index >= 15 is 0 Å². The number of imidazole rings is 1. The summed E-state index contributed by atoms with van der Waals surface area (Å²) in [6, 6.07) is 23.6. The highest BCUT2D eigenvalue weighted by Crippen LogP contribution is 2.52. The second-order valence-electron chi connectivity index (χ2n) is 12.4. The van der Waals surface area contributed by atoms with Gasteiger partial charge in [-0.2, -0.15) is 0 Å². The number of aliphatic hydroxyl groups is 1. The van der Waals surface area contributed by atoms with Crippen LogP contribution in [0.4, 0.5) is 0 Å².